The fourth-order valence-corrected chi connectivity index (χ4v) is 2.97. The number of nitrogens with zero attached hydrogens (tertiary/aromatic N) is 4. The number of imidazole rings is 1. The van der Waals surface area contributed by atoms with Crippen molar-refractivity contribution >= 4 is 33.2 Å². The molecule has 3 heterocycles. The SMILES string of the molecule is O=C(Nc1cnn(Cc2cn3ccccc3n2)c1)c1cc(Br)ccc1F. The van der Waals surface area contributed by atoms with Gasteiger partial charge in [0.05, 0.1) is 29.7 Å². The Morgan fingerprint density at radius 2 is 2.12 bits per heavy atom. The second kappa shape index (κ2) is 6.72. The molecule has 0 saturated heterocycles. The lowest BCUT2D eigenvalue weighted by Gasteiger charge is -2.04. The van der Waals surface area contributed by atoms with Crippen molar-refractivity contribution in [2.45, 2.75) is 6.54 Å². The van der Waals surface area contributed by atoms with Crippen molar-refractivity contribution in [1.29, 1.82) is 0 Å². The van der Waals surface area contributed by atoms with Crippen LogP contribution >= 0.6 is 15.9 Å². The highest BCUT2D eigenvalue weighted by Crippen LogP contribution is 2.17. The van der Waals surface area contributed by atoms with E-state index in [1.54, 1.807) is 16.9 Å². The van der Waals surface area contributed by atoms with Gasteiger partial charge in [0.25, 0.3) is 5.91 Å². The number of rotatable bonds is 4. The zero-order valence-electron chi connectivity index (χ0n) is 13.4. The molecule has 4 rings (SSSR count). The molecule has 6 nitrogen and oxygen atoms in total. The van der Waals surface area contributed by atoms with Crippen LogP contribution in [0.3, 0.4) is 0 Å². The Morgan fingerprint density at radius 3 is 2.96 bits per heavy atom. The van der Waals surface area contributed by atoms with Crippen LogP contribution in [0.25, 0.3) is 5.65 Å². The molecule has 0 bridgehead atoms. The van der Waals surface area contributed by atoms with Crippen LogP contribution in [0.1, 0.15) is 16.1 Å². The highest BCUT2D eigenvalue weighted by atomic mass is 79.9. The highest BCUT2D eigenvalue weighted by molar-refractivity contribution is 9.10. The lowest BCUT2D eigenvalue weighted by atomic mass is 10.2. The third-order valence-electron chi connectivity index (χ3n) is 3.80. The third kappa shape index (κ3) is 3.36. The number of pyridine rings is 1. The van der Waals surface area contributed by atoms with Crippen molar-refractivity contribution in [2.75, 3.05) is 5.32 Å². The first-order chi connectivity index (χ1) is 12.6. The van der Waals surface area contributed by atoms with E-state index in [1.807, 2.05) is 35.0 Å². The van der Waals surface area contributed by atoms with E-state index >= 15 is 0 Å². The Hall–Kier alpha value is -3.00. The topological polar surface area (TPSA) is 64.2 Å². The van der Waals surface area contributed by atoms with Gasteiger partial charge in [0.2, 0.25) is 0 Å². The molecule has 1 amide bonds. The van der Waals surface area contributed by atoms with E-state index in [4.69, 9.17) is 0 Å². The lowest BCUT2D eigenvalue weighted by molar-refractivity contribution is 0.102. The Bertz CT molecular complexity index is 1070. The fourth-order valence-electron chi connectivity index (χ4n) is 2.61. The van der Waals surface area contributed by atoms with Crippen LogP contribution in [0.5, 0.6) is 0 Å². The predicted octanol–water partition coefficient (Wildman–Crippen LogP) is 3.73. The first-order valence-corrected chi connectivity index (χ1v) is 8.59. The largest absolute Gasteiger partial charge is 0.319 e. The van der Waals surface area contributed by atoms with Crippen molar-refractivity contribution < 1.29 is 9.18 Å². The van der Waals surface area contributed by atoms with Gasteiger partial charge in [-0.15, -0.1) is 0 Å². The summed E-state index contributed by atoms with van der Waals surface area (Å²) >= 11 is 3.23. The van der Waals surface area contributed by atoms with Gasteiger partial charge in [-0.3, -0.25) is 9.48 Å². The summed E-state index contributed by atoms with van der Waals surface area (Å²) in [6, 6.07) is 10.00. The van der Waals surface area contributed by atoms with Crippen LogP contribution in [0.2, 0.25) is 0 Å². The number of hydrogen-bond acceptors (Lipinski definition) is 3. The molecule has 0 aliphatic heterocycles. The number of carbonyl (C=O) groups is 1. The molecule has 130 valence electrons. The molecule has 1 N–H and O–H groups in total. The minimum atomic E-state index is -0.581. The molecule has 0 atom stereocenters. The van der Waals surface area contributed by atoms with Crippen molar-refractivity contribution in [3.8, 4) is 0 Å². The number of benzene rings is 1. The quantitative estimate of drug-likeness (QED) is 0.554. The van der Waals surface area contributed by atoms with Gasteiger partial charge >= 0.3 is 0 Å². The Balaban J connectivity index is 1.49. The summed E-state index contributed by atoms with van der Waals surface area (Å²) < 4.78 is 18.0. The number of aromatic nitrogens is 4. The maximum atomic E-state index is 13.8. The van der Waals surface area contributed by atoms with E-state index < -0.39 is 11.7 Å². The van der Waals surface area contributed by atoms with Gasteiger partial charge in [-0.1, -0.05) is 22.0 Å². The maximum Gasteiger partial charge on any atom is 0.258 e. The molecule has 0 radical (unpaired) electrons. The fraction of sp³-hybridized carbons (Fsp3) is 0.0556. The summed E-state index contributed by atoms with van der Waals surface area (Å²) in [4.78, 5) is 16.8. The molecular weight excluding hydrogens is 401 g/mol. The second-order valence-corrected chi connectivity index (χ2v) is 6.62. The smallest absolute Gasteiger partial charge is 0.258 e. The Labute approximate surface area is 156 Å². The van der Waals surface area contributed by atoms with Crippen LogP contribution in [0.4, 0.5) is 10.1 Å². The highest BCUT2D eigenvalue weighted by Gasteiger charge is 2.13. The zero-order valence-corrected chi connectivity index (χ0v) is 15.0. The monoisotopic (exact) mass is 413 g/mol. The maximum absolute atomic E-state index is 13.8. The van der Waals surface area contributed by atoms with Crippen molar-refractivity contribution in [3.05, 3.63) is 82.7 Å². The first-order valence-electron chi connectivity index (χ1n) is 7.80. The van der Waals surface area contributed by atoms with Gasteiger partial charge in [-0.25, -0.2) is 9.37 Å². The van der Waals surface area contributed by atoms with E-state index in [-0.39, 0.29) is 5.56 Å². The van der Waals surface area contributed by atoms with Gasteiger partial charge in [0.15, 0.2) is 0 Å². The van der Waals surface area contributed by atoms with Crippen LogP contribution in [0, 0.1) is 5.82 Å². The summed E-state index contributed by atoms with van der Waals surface area (Å²) in [5.74, 6) is -1.11. The summed E-state index contributed by atoms with van der Waals surface area (Å²) in [6.07, 6.45) is 7.04. The molecule has 0 aliphatic rings. The van der Waals surface area contributed by atoms with E-state index in [9.17, 15) is 9.18 Å². The Morgan fingerprint density at radius 1 is 1.23 bits per heavy atom. The molecule has 0 aliphatic carbocycles. The predicted molar refractivity (Wildman–Crippen MR) is 98.6 cm³/mol. The molecule has 8 heteroatoms. The third-order valence-corrected chi connectivity index (χ3v) is 4.30. The second-order valence-electron chi connectivity index (χ2n) is 5.70. The molecule has 3 aromatic heterocycles. The average molecular weight is 414 g/mol. The van der Waals surface area contributed by atoms with Crippen molar-refractivity contribution in [3.63, 3.8) is 0 Å². The van der Waals surface area contributed by atoms with Gasteiger partial charge in [0, 0.05) is 23.1 Å². The van der Waals surface area contributed by atoms with Crippen molar-refractivity contribution in [1.82, 2.24) is 19.2 Å². The molecular formula is C18H13BrFN5O. The first kappa shape index (κ1) is 16.5. The normalized spacial score (nSPS) is 11.0. The zero-order chi connectivity index (χ0) is 18.1. The summed E-state index contributed by atoms with van der Waals surface area (Å²) in [5, 5.41) is 6.87. The lowest BCUT2D eigenvalue weighted by Crippen LogP contribution is -2.13. The summed E-state index contributed by atoms with van der Waals surface area (Å²) in [7, 11) is 0. The van der Waals surface area contributed by atoms with Crippen LogP contribution in [-0.2, 0) is 6.54 Å². The minimum Gasteiger partial charge on any atom is -0.319 e. The molecule has 0 spiro atoms. The van der Waals surface area contributed by atoms with Gasteiger partial charge in [-0.05, 0) is 30.3 Å². The molecule has 1 aromatic carbocycles. The standard InChI is InChI=1S/C18H13BrFN5O/c19-12-4-5-16(20)15(7-12)18(26)23-13-8-21-25(10-13)11-14-9-24-6-2-1-3-17(24)22-14/h1-10H,11H2,(H,23,26). The van der Waals surface area contributed by atoms with E-state index in [1.165, 1.54) is 18.3 Å². The van der Waals surface area contributed by atoms with Gasteiger partial charge in [-0.2, -0.15) is 5.10 Å². The number of fused-ring (bicyclic) bond motifs is 1. The van der Waals surface area contributed by atoms with Crippen molar-refractivity contribution in [2.24, 2.45) is 0 Å². The van der Waals surface area contributed by atoms with E-state index in [2.05, 4.69) is 31.3 Å². The number of anilines is 1. The number of hydrogen-bond donors (Lipinski definition) is 1. The van der Waals surface area contributed by atoms with E-state index in [0.717, 1.165) is 11.3 Å². The van der Waals surface area contributed by atoms with Gasteiger partial charge in [0.1, 0.15) is 11.5 Å². The number of carbonyl (C=O) groups excluding carboxylic acids is 1. The number of nitrogens with one attached hydrogen (secondary N) is 1. The number of amides is 1. The Kier molecular flexibility index (Phi) is 4.26. The summed E-state index contributed by atoms with van der Waals surface area (Å²) in [6.45, 7) is 0.461. The molecule has 26 heavy (non-hydrogen) atoms. The van der Waals surface area contributed by atoms with Crippen LogP contribution in [0.15, 0.2) is 65.7 Å². The minimum absolute atomic E-state index is 0.0347. The molecule has 0 fully saturated rings. The van der Waals surface area contributed by atoms with E-state index in [0.29, 0.717) is 16.7 Å². The summed E-state index contributed by atoms with van der Waals surface area (Å²) in [5.41, 5.74) is 2.15. The molecule has 4 aromatic rings. The molecule has 0 unspecified atom stereocenters. The van der Waals surface area contributed by atoms with Gasteiger partial charge < -0.3 is 9.72 Å². The average Bonchev–Trinajstić information content (AvgIpc) is 3.23. The molecule has 0 saturated carbocycles. The van der Waals surface area contributed by atoms with Crippen LogP contribution in [-0.4, -0.2) is 25.1 Å². The van der Waals surface area contributed by atoms with Crippen LogP contribution < -0.4 is 5.32 Å². The number of halogens is 2.